The molecule has 9 heteroatoms. The van der Waals surface area contributed by atoms with Gasteiger partial charge >= 0.3 is 0 Å². The topological polar surface area (TPSA) is 110 Å². The SMILES string of the molecule is NNc1cccnc1S(=O)(=O)Nc1nc2ccccc2s1. The molecule has 0 saturated heterocycles. The molecule has 0 aliphatic rings. The molecule has 0 fully saturated rings. The largest absolute Gasteiger partial charge is 0.321 e. The molecule has 0 unspecified atom stereocenters. The number of sulfonamides is 1. The lowest BCUT2D eigenvalue weighted by Crippen LogP contribution is -2.18. The quantitative estimate of drug-likeness (QED) is 0.499. The molecule has 3 rings (SSSR count). The molecule has 4 N–H and O–H groups in total. The smallest absolute Gasteiger partial charge is 0.283 e. The first-order valence-electron chi connectivity index (χ1n) is 5.90. The number of nitrogens with two attached hydrogens (primary N) is 1. The highest BCUT2D eigenvalue weighted by atomic mass is 32.2. The summed E-state index contributed by atoms with van der Waals surface area (Å²) in [6, 6.07) is 10.5. The van der Waals surface area contributed by atoms with Crippen LogP contribution >= 0.6 is 11.3 Å². The van der Waals surface area contributed by atoms with Crippen molar-refractivity contribution >= 4 is 42.4 Å². The van der Waals surface area contributed by atoms with Crippen LogP contribution in [-0.4, -0.2) is 18.4 Å². The molecular weight excluding hydrogens is 310 g/mol. The average Bonchev–Trinajstić information content (AvgIpc) is 2.88. The van der Waals surface area contributed by atoms with Crippen LogP contribution in [0, 0.1) is 0 Å². The van der Waals surface area contributed by atoms with E-state index >= 15 is 0 Å². The van der Waals surface area contributed by atoms with Crippen molar-refractivity contribution < 1.29 is 8.42 Å². The fourth-order valence-corrected chi connectivity index (χ4v) is 4.00. The number of nitrogens with one attached hydrogen (secondary N) is 2. The molecule has 0 atom stereocenters. The Kier molecular flexibility index (Phi) is 3.45. The lowest BCUT2D eigenvalue weighted by molar-refractivity contribution is 0.598. The summed E-state index contributed by atoms with van der Waals surface area (Å²) >= 11 is 1.25. The zero-order valence-corrected chi connectivity index (χ0v) is 12.3. The zero-order valence-electron chi connectivity index (χ0n) is 10.6. The highest BCUT2D eigenvalue weighted by molar-refractivity contribution is 7.93. The molecule has 0 aliphatic carbocycles. The summed E-state index contributed by atoms with van der Waals surface area (Å²) in [6.45, 7) is 0. The molecule has 2 heterocycles. The minimum absolute atomic E-state index is 0.174. The minimum atomic E-state index is -3.86. The summed E-state index contributed by atoms with van der Waals surface area (Å²) < 4.78 is 28.0. The van der Waals surface area contributed by atoms with E-state index in [1.807, 2.05) is 24.3 Å². The van der Waals surface area contributed by atoms with Gasteiger partial charge in [0.2, 0.25) is 5.03 Å². The molecule has 0 radical (unpaired) electrons. The van der Waals surface area contributed by atoms with Gasteiger partial charge in [0, 0.05) is 6.20 Å². The summed E-state index contributed by atoms with van der Waals surface area (Å²) in [6.07, 6.45) is 1.38. The van der Waals surface area contributed by atoms with Gasteiger partial charge in [0.1, 0.15) is 0 Å². The molecular formula is C12H11N5O2S2. The Morgan fingerprint density at radius 1 is 1.14 bits per heavy atom. The summed E-state index contributed by atoms with van der Waals surface area (Å²) in [4.78, 5) is 8.08. The molecule has 1 aromatic carbocycles. The van der Waals surface area contributed by atoms with E-state index in [2.05, 4.69) is 20.1 Å². The number of hydrazine groups is 1. The Bertz CT molecular complexity index is 858. The number of rotatable bonds is 4. The van der Waals surface area contributed by atoms with Crippen LogP contribution in [0.15, 0.2) is 47.6 Å². The maximum absolute atomic E-state index is 12.4. The molecule has 0 spiro atoms. The van der Waals surface area contributed by atoms with Gasteiger partial charge in [-0.05, 0) is 24.3 Å². The molecule has 0 bridgehead atoms. The molecule has 108 valence electrons. The Labute approximate surface area is 124 Å². The predicted octanol–water partition coefficient (Wildman–Crippen LogP) is 1.78. The van der Waals surface area contributed by atoms with Gasteiger partial charge in [0.25, 0.3) is 10.0 Å². The molecule has 0 amide bonds. The van der Waals surface area contributed by atoms with Gasteiger partial charge < -0.3 is 5.43 Å². The fourth-order valence-electron chi connectivity index (χ4n) is 1.79. The van der Waals surface area contributed by atoms with Crippen LogP contribution in [0.1, 0.15) is 0 Å². The van der Waals surface area contributed by atoms with E-state index in [0.29, 0.717) is 0 Å². The molecule has 0 aliphatic heterocycles. The van der Waals surface area contributed by atoms with Crippen LogP contribution in [0.4, 0.5) is 10.8 Å². The van der Waals surface area contributed by atoms with Gasteiger partial charge in [0.15, 0.2) is 5.13 Å². The van der Waals surface area contributed by atoms with Gasteiger partial charge in [-0.3, -0.25) is 10.6 Å². The van der Waals surface area contributed by atoms with Crippen molar-refractivity contribution in [2.45, 2.75) is 5.03 Å². The predicted molar refractivity (Wildman–Crippen MR) is 82.5 cm³/mol. The third-order valence-corrected chi connectivity index (χ3v) is 5.07. The lowest BCUT2D eigenvalue weighted by atomic mass is 10.3. The minimum Gasteiger partial charge on any atom is -0.321 e. The highest BCUT2D eigenvalue weighted by Gasteiger charge is 2.21. The first-order valence-corrected chi connectivity index (χ1v) is 8.20. The molecule has 3 aromatic rings. The van der Waals surface area contributed by atoms with Crippen LogP contribution in [0.25, 0.3) is 10.2 Å². The fraction of sp³-hybridized carbons (Fsp3) is 0. The second kappa shape index (κ2) is 5.28. The Balaban J connectivity index is 1.99. The van der Waals surface area contributed by atoms with E-state index in [0.717, 1.165) is 10.2 Å². The number of nitrogen functional groups attached to an aromatic ring is 1. The standard InChI is InChI=1S/C12H11N5O2S2/c13-16-9-5-3-7-14-11(9)21(18,19)17-12-15-8-4-1-2-6-10(8)20-12/h1-7,16H,13H2,(H,15,17). The number of nitrogens with zero attached hydrogens (tertiary/aromatic N) is 2. The maximum atomic E-state index is 12.4. The first kappa shape index (κ1) is 13.7. The van der Waals surface area contributed by atoms with Crippen LogP contribution in [0.5, 0.6) is 0 Å². The molecule has 21 heavy (non-hydrogen) atoms. The second-order valence-electron chi connectivity index (χ2n) is 4.09. The lowest BCUT2D eigenvalue weighted by Gasteiger charge is -2.08. The van der Waals surface area contributed by atoms with E-state index in [9.17, 15) is 8.42 Å². The number of fused-ring (bicyclic) bond motifs is 1. The van der Waals surface area contributed by atoms with Gasteiger partial charge in [-0.15, -0.1) is 0 Å². The number of thiazole rings is 1. The van der Waals surface area contributed by atoms with Crippen LogP contribution in [-0.2, 0) is 10.0 Å². The van der Waals surface area contributed by atoms with Crippen molar-refractivity contribution in [2.75, 3.05) is 10.1 Å². The second-order valence-corrected chi connectivity index (χ2v) is 6.72. The van der Waals surface area contributed by atoms with Crippen LogP contribution in [0.2, 0.25) is 0 Å². The van der Waals surface area contributed by atoms with E-state index in [4.69, 9.17) is 5.84 Å². The van der Waals surface area contributed by atoms with Gasteiger partial charge in [0.05, 0.1) is 15.9 Å². The Morgan fingerprint density at radius 3 is 2.71 bits per heavy atom. The number of anilines is 2. The number of para-hydroxylation sites is 1. The van der Waals surface area contributed by atoms with Gasteiger partial charge in [-0.1, -0.05) is 23.5 Å². The van der Waals surface area contributed by atoms with Crippen molar-refractivity contribution in [3.8, 4) is 0 Å². The highest BCUT2D eigenvalue weighted by Crippen LogP contribution is 2.28. The Morgan fingerprint density at radius 2 is 1.95 bits per heavy atom. The Hall–Kier alpha value is -2.23. The van der Waals surface area contributed by atoms with Gasteiger partial charge in [-0.2, -0.15) is 8.42 Å². The van der Waals surface area contributed by atoms with E-state index in [1.54, 1.807) is 6.07 Å². The number of hydrogen-bond acceptors (Lipinski definition) is 7. The summed E-state index contributed by atoms with van der Waals surface area (Å²) in [5.41, 5.74) is 3.26. The van der Waals surface area contributed by atoms with E-state index in [-0.39, 0.29) is 15.8 Å². The number of pyridine rings is 1. The van der Waals surface area contributed by atoms with Crippen molar-refractivity contribution in [1.82, 2.24) is 9.97 Å². The van der Waals surface area contributed by atoms with E-state index < -0.39 is 10.0 Å². The van der Waals surface area contributed by atoms with Crippen LogP contribution in [0.3, 0.4) is 0 Å². The number of benzene rings is 1. The molecule has 2 aromatic heterocycles. The van der Waals surface area contributed by atoms with Crippen LogP contribution < -0.4 is 16.0 Å². The summed E-state index contributed by atoms with van der Waals surface area (Å²) in [7, 11) is -3.86. The van der Waals surface area contributed by atoms with E-state index in [1.165, 1.54) is 23.6 Å². The van der Waals surface area contributed by atoms with Crippen molar-refractivity contribution in [2.24, 2.45) is 5.84 Å². The van der Waals surface area contributed by atoms with Gasteiger partial charge in [-0.25, -0.2) is 9.97 Å². The zero-order chi connectivity index (χ0) is 14.9. The summed E-state index contributed by atoms with van der Waals surface area (Å²) in [5.74, 6) is 5.31. The molecule has 7 nitrogen and oxygen atoms in total. The third kappa shape index (κ3) is 2.66. The number of aromatic nitrogens is 2. The summed E-state index contributed by atoms with van der Waals surface area (Å²) in [5, 5.41) is 0.108. The first-order chi connectivity index (χ1) is 10.1. The molecule has 0 saturated carbocycles. The third-order valence-electron chi connectivity index (χ3n) is 2.70. The van der Waals surface area contributed by atoms with Crippen molar-refractivity contribution in [3.05, 3.63) is 42.6 Å². The maximum Gasteiger partial charge on any atom is 0.283 e. The van der Waals surface area contributed by atoms with Crippen molar-refractivity contribution in [1.29, 1.82) is 0 Å². The van der Waals surface area contributed by atoms with Crippen molar-refractivity contribution in [3.63, 3.8) is 0 Å². The number of hydrogen-bond donors (Lipinski definition) is 3. The normalized spacial score (nSPS) is 11.5. The monoisotopic (exact) mass is 321 g/mol. The average molecular weight is 321 g/mol.